The minimum Gasteiger partial charge on any atom is -0.434 e. The van der Waals surface area contributed by atoms with Crippen molar-refractivity contribution in [1.29, 1.82) is 0 Å². The minimum absolute atomic E-state index is 0.135. The fourth-order valence-electron chi connectivity index (χ4n) is 1.71. The smallest absolute Gasteiger partial charge is 0.387 e. The van der Waals surface area contributed by atoms with Gasteiger partial charge in [0.15, 0.2) is 0 Å². The number of benzene rings is 2. The second-order valence-corrected chi connectivity index (χ2v) is 4.73. The maximum Gasteiger partial charge on any atom is 0.387 e. The molecule has 0 aliphatic heterocycles. The maximum absolute atomic E-state index is 12.3. The third-order valence-corrected chi connectivity index (χ3v) is 3.00. The molecule has 0 fully saturated rings. The van der Waals surface area contributed by atoms with Gasteiger partial charge in [-0.25, -0.2) is 0 Å². The van der Waals surface area contributed by atoms with Crippen molar-refractivity contribution in [3.8, 4) is 5.75 Å². The Morgan fingerprint density at radius 1 is 0.957 bits per heavy atom. The van der Waals surface area contributed by atoms with Gasteiger partial charge in [0.2, 0.25) is 0 Å². The lowest BCUT2D eigenvalue weighted by molar-refractivity contribution is -0.0501. The molecular formula is C15H11ClF2N2O3. The number of para-hydroxylation sites is 1. The predicted molar refractivity (Wildman–Crippen MR) is 79.5 cm³/mol. The highest BCUT2D eigenvalue weighted by Crippen LogP contribution is 2.19. The van der Waals surface area contributed by atoms with E-state index in [0.29, 0.717) is 5.02 Å². The first-order valence-corrected chi connectivity index (χ1v) is 6.75. The van der Waals surface area contributed by atoms with Crippen LogP contribution in [0.5, 0.6) is 5.75 Å². The van der Waals surface area contributed by atoms with Crippen molar-refractivity contribution in [2.75, 3.05) is 0 Å². The zero-order valence-corrected chi connectivity index (χ0v) is 12.3. The Morgan fingerprint density at radius 3 is 2.22 bits per heavy atom. The van der Waals surface area contributed by atoms with E-state index in [4.69, 9.17) is 11.6 Å². The summed E-state index contributed by atoms with van der Waals surface area (Å²) in [4.78, 5) is 23.8. The normalized spacial score (nSPS) is 10.3. The van der Waals surface area contributed by atoms with Crippen LogP contribution in [0.15, 0.2) is 48.5 Å². The molecule has 5 nitrogen and oxygen atoms in total. The van der Waals surface area contributed by atoms with E-state index < -0.39 is 18.4 Å². The Bertz CT molecular complexity index is 708. The lowest BCUT2D eigenvalue weighted by Gasteiger charge is -2.11. The number of carbonyl (C=O) groups excluding carboxylic acids is 2. The lowest BCUT2D eigenvalue weighted by atomic mass is 10.2. The van der Waals surface area contributed by atoms with Gasteiger partial charge in [0.05, 0.1) is 5.56 Å². The van der Waals surface area contributed by atoms with E-state index in [0.717, 1.165) is 0 Å². The second kappa shape index (κ2) is 7.55. The Hall–Kier alpha value is -2.67. The molecule has 8 heteroatoms. The number of alkyl halides is 2. The summed E-state index contributed by atoms with van der Waals surface area (Å²) < 4.78 is 28.8. The summed E-state index contributed by atoms with van der Waals surface area (Å²) >= 11 is 5.71. The molecule has 0 atom stereocenters. The highest BCUT2D eigenvalue weighted by Gasteiger charge is 2.16. The zero-order chi connectivity index (χ0) is 16.8. The van der Waals surface area contributed by atoms with Gasteiger partial charge in [-0.2, -0.15) is 8.78 Å². The van der Waals surface area contributed by atoms with Gasteiger partial charge >= 0.3 is 6.61 Å². The molecule has 0 bridgehead atoms. The Kier molecular flexibility index (Phi) is 5.48. The number of amides is 2. The van der Waals surface area contributed by atoms with Gasteiger partial charge in [-0.1, -0.05) is 23.7 Å². The van der Waals surface area contributed by atoms with Gasteiger partial charge < -0.3 is 4.74 Å². The average Bonchev–Trinajstić information content (AvgIpc) is 2.53. The average molecular weight is 341 g/mol. The number of rotatable bonds is 4. The summed E-state index contributed by atoms with van der Waals surface area (Å²) in [6, 6.07) is 11.4. The quantitative estimate of drug-likeness (QED) is 0.841. The highest BCUT2D eigenvalue weighted by atomic mass is 35.5. The van der Waals surface area contributed by atoms with E-state index in [1.54, 1.807) is 0 Å². The largest absolute Gasteiger partial charge is 0.434 e. The number of hydrogen-bond acceptors (Lipinski definition) is 3. The molecule has 0 aliphatic rings. The number of hydrogen-bond donors (Lipinski definition) is 2. The summed E-state index contributed by atoms with van der Waals surface area (Å²) in [5, 5.41) is 0.462. The standard InChI is InChI=1S/C15H11ClF2N2O3/c16-10-7-5-9(6-8-10)13(21)19-20-14(22)11-3-1-2-4-12(11)23-15(17)18/h1-8,15H,(H,19,21)(H,20,22). The molecule has 2 rings (SSSR count). The molecule has 0 aromatic heterocycles. The molecule has 0 heterocycles. The van der Waals surface area contributed by atoms with Gasteiger partial charge in [-0.05, 0) is 36.4 Å². The van der Waals surface area contributed by atoms with Crippen molar-refractivity contribution in [3.05, 3.63) is 64.7 Å². The van der Waals surface area contributed by atoms with Crippen LogP contribution in [0.3, 0.4) is 0 Å². The fraction of sp³-hybridized carbons (Fsp3) is 0.0667. The van der Waals surface area contributed by atoms with Crippen molar-refractivity contribution in [2.45, 2.75) is 6.61 Å². The first-order chi connectivity index (χ1) is 11.0. The van der Waals surface area contributed by atoms with Gasteiger partial charge in [-0.15, -0.1) is 0 Å². The van der Waals surface area contributed by atoms with E-state index in [1.807, 2.05) is 0 Å². The van der Waals surface area contributed by atoms with Gasteiger partial charge in [-0.3, -0.25) is 20.4 Å². The number of halogens is 3. The molecular weight excluding hydrogens is 330 g/mol. The summed E-state index contributed by atoms with van der Waals surface area (Å²) in [7, 11) is 0. The van der Waals surface area contributed by atoms with Crippen LogP contribution >= 0.6 is 11.6 Å². The van der Waals surface area contributed by atoms with Crippen molar-refractivity contribution in [2.24, 2.45) is 0 Å². The third-order valence-electron chi connectivity index (χ3n) is 2.74. The number of ether oxygens (including phenoxy) is 1. The topological polar surface area (TPSA) is 67.4 Å². The summed E-state index contributed by atoms with van der Waals surface area (Å²) in [5.41, 5.74) is 4.44. The minimum atomic E-state index is -3.06. The summed E-state index contributed by atoms with van der Waals surface area (Å²) in [6.07, 6.45) is 0. The summed E-state index contributed by atoms with van der Waals surface area (Å²) in [6.45, 7) is -3.06. The van der Waals surface area contributed by atoms with Gasteiger partial charge in [0, 0.05) is 10.6 Å². The highest BCUT2D eigenvalue weighted by molar-refractivity contribution is 6.30. The molecule has 2 N–H and O–H groups in total. The Morgan fingerprint density at radius 2 is 1.57 bits per heavy atom. The van der Waals surface area contributed by atoms with Crippen LogP contribution in [0, 0.1) is 0 Å². The van der Waals surface area contributed by atoms with E-state index in [2.05, 4.69) is 15.6 Å². The van der Waals surface area contributed by atoms with Crippen LogP contribution in [-0.2, 0) is 0 Å². The SMILES string of the molecule is O=C(NNC(=O)c1ccccc1OC(F)F)c1ccc(Cl)cc1. The molecule has 0 aliphatic carbocycles. The molecule has 0 saturated heterocycles. The lowest BCUT2D eigenvalue weighted by Crippen LogP contribution is -2.41. The first kappa shape index (κ1) is 16.7. The van der Waals surface area contributed by atoms with Crippen LogP contribution in [0.4, 0.5) is 8.78 Å². The number of hydrazine groups is 1. The van der Waals surface area contributed by atoms with Crippen molar-refractivity contribution < 1.29 is 23.1 Å². The van der Waals surface area contributed by atoms with Crippen LogP contribution < -0.4 is 15.6 Å². The Balaban J connectivity index is 2.02. The van der Waals surface area contributed by atoms with Gasteiger partial charge in [0.25, 0.3) is 11.8 Å². The first-order valence-electron chi connectivity index (χ1n) is 6.37. The predicted octanol–water partition coefficient (Wildman–Crippen LogP) is 3.02. The molecule has 120 valence electrons. The molecule has 0 radical (unpaired) electrons. The molecule has 2 aromatic carbocycles. The van der Waals surface area contributed by atoms with Crippen LogP contribution in [0.2, 0.25) is 5.02 Å². The molecule has 2 amide bonds. The molecule has 0 saturated carbocycles. The maximum atomic E-state index is 12.3. The fourth-order valence-corrected chi connectivity index (χ4v) is 1.83. The molecule has 23 heavy (non-hydrogen) atoms. The molecule has 0 unspecified atom stereocenters. The van der Waals surface area contributed by atoms with Crippen molar-refractivity contribution in [3.63, 3.8) is 0 Å². The van der Waals surface area contributed by atoms with Crippen LogP contribution in [0.1, 0.15) is 20.7 Å². The molecule has 0 spiro atoms. The van der Waals surface area contributed by atoms with E-state index in [1.165, 1.54) is 48.5 Å². The van der Waals surface area contributed by atoms with Crippen molar-refractivity contribution >= 4 is 23.4 Å². The van der Waals surface area contributed by atoms with E-state index in [-0.39, 0.29) is 16.9 Å². The van der Waals surface area contributed by atoms with Crippen molar-refractivity contribution in [1.82, 2.24) is 10.9 Å². The monoisotopic (exact) mass is 340 g/mol. The summed E-state index contributed by atoms with van der Waals surface area (Å²) in [5.74, 6) is -1.66. The molecule has 2 aromatic rings. The Labute approximate surface area is 135 Å². The van der Waals surface area contributed by atoms with E-state index >= 15 is 0 Å². The zero-order valence-electron chi connectivity index (χ0n) is 11.6. The van der Waals surface area contributed by atoms with E-state index in [9.17, 15) is 18.4 Å². The number of carbonyl (C=O) groups is 2. The van der Waals surface area contributed by atoms with Crippen LogP contribution in [-0.4, -0.2) is 18.4 Å². The second-order valence-electron chi connectivity index (χ2n) is 4.29. The number of nitrogens with one attached hydrogen (secondary N) is 2. The van der Waals surface area contributed by atoms with Crippen LogP contribution in [0.25, 0.3) is 0 Å². The third kappa shape index (κ3) is 4.65. The van der Waals surface area contributed by atoms with Gasteiger partial charge in [0.1, 0.15) is 5.75 Å².